The first-order valence-electron chi connectivity index (χ1n) is 6.41. The minimum atomic E-state index is -0.327. The predicted molar refractivity (Wildman–Crippen MR) is 84.5 cm³/mol. The average Bonchev–Trinajstić information content (AvgIpc) is 2.98. The Kier molecular flexibility index (Phi) is 3.55. The van der Waals surface area contributed by atoms with E-state index in [2.05, 4.69) is 17.2 Å². The molecule has 1 amide bonds. The highest BCUT2D eigenvalue weighted by Crippen LogP contribution is 2.26. The second-order valence-electron chi connectivity index (χ2n) is 4.52. The lowest BCUT2D eigenvalue weighted by Gasteiger charge is -1.97. The fourth-order valence-electron chi connectivity index (χ4n) is 2.26. The highest BCUT2D eigenvalue weighted by molar-refractivity contribution is 8.27. The maximum absolute atomic E-state index is 11.7. The third kappa shape index (κ3) is 2.58. The summed E-state index contributed by atoms with van der Waals surface area (Å²) in [6, 6.07) is 7.92. The summed E-state index contributed by atoms with van der Waals surface area (Å²) in [7, 11) is 0. The van der Waals surface area contributed by atoms with Crippen LogP contribution in [-0.2, 0) is 11.3 Å². The van der Waals surface area contributed by atoms with Gasteiger partial charge in [-0.25, -0.2) is 0 Å². The lowest BCUT2D eigenvalue weighted by Crippen LogP contribution is -2.10. The number of hydrogen-bond donors (Lipinski definition) is 1. The van der Waals surface area contributed by atoms with Crippen LogP contribution in [0.4, 0.5) is 4.79 Å². The van der Waals surface area contributed by atoms with E-state index in [0.29, 0.717) is 24.0 Å². The minimum Gasteiger partial charge on any atom is -0.335 e. The summed E-state index contributed by atoms with van der Waals surface area (Å²) in [4.78, 5) is 22.9. The average molecular weight is 296 g/mol. The van der Waals surface area contributed by atoms with Gasteiger partial charge in [0.25, 0.3) is 5.24 Å². The second-order valence-corrected chi connectivity index (χ2v) is 5.46. The number of fused-ring (bicyclic) bond motifs is 1. The maximum Gasteiger partial charge on any atom is 0.291 e. The van der Waals surface area contributed by atoms with Crippen molar-refractivity contribution in [3.8, 4) is 11.8 Å². The fraction of sp³-hybridized carbons (Fsp3) is 0.125. The predicted octanol–water partition coefficient (Wildman–Crippen LogP) is 2.99. The molecule has 0 unspecified atom stereocenters. The van der Waals surface area contributed by atoms with Crippen molar-refractivity contribution in [2.75, 3.05) is 0 Å². The van der Waals surface area contributed by atoms with E-state index in [1.165, 1.54) is 0 Å². The molecule has 1 aromatic carbocycles. The Balaban J connectivity index is 2.10. The molecule has 104 valence electrons. The van der Waals surface area contributed by atoms with Crippen molar-refractivity contribution >= 4 is 39.1 Å². The Labute approximate surface area is 126 Å². The molecular formula is C16H12N2O2S. The van der Waals surface area contributed by atoms with Crippen molar-refractivity contribution in [3.63, 3.8) is 0 Å². The number of para-hydroxylation sites is 1. The number of thioether (sulfide) groups is 1. The van der Waals surface area contributed by atoms with E-state index in [1.807, 2.05) is 35.0 Å². The number of aromatic nitrogens is 1. The number of nitrogens with one attached hydrogen (secondary N) is 1. The standard InChI is InChI=1S/C16H12N2O2S/c1-2-3-8-18-10-11(12-6-4-5-7-14(12)18)9-13-15(19)21-16(20)17-13/h4-7,9-10H,8H2,1H3,(H,17,20). The highest BCUT2D eigenvalue weighted by Gasteiger charge is 2.25. The van der Waals surface area contributed by atoms with Gasteiger partial charge >= 0.3 is 0 Å². The number of nitrogens with zero attached hydrogens (tertiary/aromatic N) is 1. The molecular weight excluding hydrogens is 284 g/mol. The molecule has 0 atom stereocenters. The number of rotatable bonds is 2. The van der Waals surface area contributed by atoms with Crippen LogP contribution in [0.25, 0.3) is 17.0 Å². The third-order valence-electron chi connectivity index (χ3n) is 3.19. The zero-order chi connectivity index (χ0) is 14.8. The van der Waals surface area contributed by atoms with Crippen LogP contribution < -0.4 is 5.32 Å². The summed E-state index contributed by atoms with van der Waals surface area (Å²) < 4.78 is 2.03. The van der Waals surface area contributed by atoms with Crippen LogP contribution in [0.1, 0.15) is 12.5 Å². The van der Waals surface area contributed by atoms with Gasteiger partial charge in [-0.2, -0.15) is 0 Å². The molecule has 3 rings (SSSR count). The van der Waals surface area contributed by atoms with E-state index in [1.54, 1.807) is 13.0 Å². The van der Waals surface area contributed by atoms with Crippen LogP contribution in [0.3, 0.4) is 0 Å². The Hall–Kier alpha value is -2.45. The topological polar surface area (TPSA) is 51.1 Å². The maximum atomic E-state index is 11.7. The second kappa shape index (κ2) is 5.51. The summed E-state index contributed by atoms with van der Waals surface area (Å²) in [5.74, 6) is 5.91. The van der Waals surface area contributed by atoms with Crippen LogP contribution in [0.2, 0.25) is 0 Å². The number of hydrogen-bond acceptors (Lipinski definition) is 3. The van der Waals surface area contributed by atoms with Gasteiger partial charge in [0.05, 0.1) is 12.2 Å². The first-order chi connectivity index (χ1) is 10.2. The number of amides is 1. The number of benzene rings is 1. The molecule has 0 spiro atoms. The first-order valence-corrected chi connectivity index (χ1v) is 7.23. The van der Waals surface area contributed by atoms with Gasteiger partial charge in [-0.05, 0) is 19.1 Å². The summed E-state index contributed by atoms with van der Waals surface area (Å²) in [5, 5.41) is 3.02. The van der Waals surface area contributed by atoms with Crippen LogP contribution in [0, 0.1) is 11.8 Å². The van der Waals surface area contributed by atoms with E-state index in [9.17, 15) is 9.59 Å². The Morgan fingerprint density at radius 1 is 1.33 bits per heavy atom. The molecule has 2 aromatic rings. The van der Waals surface area contributed by atoms with E-state index >= 15 is 0 Å². The third-order valence-corrected chi connectivity index (χ3v) is 3.88. The van der Waals surface area contributed by atoms with Crippen molar-refractivity contribution in [2.24, 2.45) is 0 Å². The zero-order valence-corrected chi connectivity index (χ0v) is 12.2. The van der Waals surface area contributed by atoms with E-state index in [0.717, 1.165) is 16.5 Å². The largest absolute Gasteiger partial charge is 0.335 e. The van der Waals surface area contributed by atoms with Gasteiger partial charge in [0, 0.05) is 34.4 Å². The molecule has 2 heterocycles. The Morgan fingerprint density at radius 3 is 2.86 bits per heavy atom. The van der Waals surface area contributed by atoms with Gasteiger partial charge in [0.15, 0.2) is 0 Å². The molecule has 5 heteroatoms. The molecule has 1 N–H and O–H groups in total. The summed E-state index contributed by atoms with van der Waals surface area (Å²) >= 11 is 0.687. The molecule has 1 fully saturated rings. The monoisotopic (exact) mass is 296 g/mol. The number of carbonyl (C=O) groups is 2. The van der Waals surface area contributed by atoms with Crippen LogP contribution >= 0.6 is 11.8 Å². The van der Waals surface area contributed by atoms with Gasteiger partial charge in [-0.3, -0.25) is 9.59 Å². The van der Waals surface area contributed by atoms with Gasteiger partial charge in [-0.15, -0.1) is 5.92 Å². The molecule has 21 heavy (non-hydrogen) atoms. The van der Waals surface area contributed by atoms with Crippen molar-refractivity contribution in [1.29, 1.82) is 0 Å². The molecule has 0 radical (unpaired) electrons. The van der Waals surface area contributed by atoms with Crippen LogP contribution in [-0.4, -0.2) is 14.9 Å². The quantitative estimate of drug-likeness (QED) is 0.684. The lowest BCUT2D eigenvalue weighted by molar-refractivity contribution is -0.107. The molecule has 1 aromatic heterocycles. The van der Waals surface area contributed by atoms with Crippen LogP contribution in [0.15, 0.2) is 36.2 Å². The minimum absolute atomic E-state index is 0.245. The molecule has 1 aliphatic rings. The molecule has 0 saturated carbocycles. The van der Waals surface area contributed by atoms with Gasteiger partial charge in [0.1, 0.15) is 0 Å². The van der Waals surface area contributed by atoms with Gasteiger partial charge in [-0.1, -0.05) is 24.1 Å². The van der Waals surface area contributed by atoms with Crippen molar-refractivity contribution in [1.82, 2.24) is 9.88 Å². The van der Waals surface area contributed by atoms with Crippen molar-refractivity contribution < 1.29 is 9.59 Å². The first kappa shape index (κ1) is 13.5. The lowest BCUT2D eigenvalue weighted by atomic mass is 10.1. The Morgan fingerprint density at radius 2 is 2.14 bits per heavy atom. The summed E-state index contributed by atoms with van der Waals surface area (Å²) in [5.41, 5.74) is 2.28. The summed E-state index contributed by atoms with van der Waals surface area (Å²) in [6.07, 6.45) is 3.67. The summed E-state index contributed by atoms with van der Waals surface area (Å²) in [6.45, 7) is 2.40. The molecule has 1 aliphatic heterocycles. The normalized spacial score (nSPS) is 16.1. The molecule has 0 aliphatic carbocycles. The number of carbonyl (C=O) groups excluding carboxylic acids is 2. The Bertz CT molecular complexity index is 837. The smallest absolute Gasteiger partial charge is 0.291 e. The van der Waals surface area contributed by atoms with Crippen molar-refractivity contribution in [3.05, 3.63) is 41.7 Å². The van der Waals surface area contributed by atoms with Crippen molar-refractivity contribution in [2.45, 2.75) is 13.5 Å². The molecule has 1 saturated heterocycles. The SMILES string of the molecule is CC#CCn1cc(C=C2NC(=O)SC2=O)c2ccccc21. The van der Waals surface area contributed by atoms with Gasteiger partial charge in [0.2, 0.25) is 5.12 Å². The zero-order valence-electron chi connectivity index (χ0n) is 11.3. The van der Waals surface area contributed by atoms with E-state index in [4.69, 9.17) is 0 Å². The van der Waals surface area contributed by atoms with Gasteiger partial charge < -0.3 is 9.88 Å². The van der Waals surface area contributed by atoms with E-state index < -0.39 is 0 Å². The van der Waals surface area contributed by atoms with E-state index in [-0.39, 0.29) is 10.4 Å². The highest BCUT2D eigenvalue weighted by atomic mass is 32.2. The molecule has 0 bridgehead atoms. The van der Waals surface area contributed by atoms with Crippen LogP contribution in [0.5, 0.6) is 0 Å². The fourth-order valence-corrected chi connectivity index (χ4v) is 2.81. The molecule has 4 nitrogen and oxygen atoms in total.